The standard InChI is InChI=1S/C29H30N4O3/c1-20-8-11-24(12-9-20)33-28(35)25-13-10-23(18-26(25)31-29(33)32-14-16-36-17-15-32)27(34)30-19-21(2)22-6-4-3-5-7-22/h3-13,18,21H,14-17,19H2,1-2H3,(H,30,34). The van der Waals surface area contributed by atoms with Crippen molar-refractivity contribution in [1.82, 2.24) is 14.9 Å². The molecule has 1 atom stereocenters. The summed E-state index contributed by atoms with van der Waals surface area (Å²) in [7, 11) is 0. The maximum absolute atomic E-state index is 13.7. The molecule has 1 N–H and O–H groups in total. The SMILES string of the molecule is Cc1ccc(-n2c(N3CCOCC3)nc3cc(C(=O)NCC(C)c4ccccc4)ccc3c2=O)cc1. The number of hydrogen-bond acceptors (Lipinski definition) is 5. The van der Waals surface area contributed by atoms with Crippen LogP contribution in [-0.2, 0) is 4.74 Å². The minimum absolute atomic E-state index is 0.157. The van der Waals surface area contributed by atoms with Crippen molar-refractivity contribution in [3.8, 4) is 5.69 Å². The quantitative estimate of drug-likeness (QED) is 0.449. The molecule has 0 bridgehead atoms. The van der Waals surface area contributed by atoms with E-state index in [9.17, 15) is 9.59 Å². The minimum Gasteiger partial charge on any atom is -0.378 e. The topological polar surface area (TPSA) is 76.5 Å². The van der Waals surface area contributed by atoms with Crippen LogP contribution in [0.4, 0.5) is 5.95 Å². The van der Waals surface area contributed by atoms with Gasteiger partial charge in [-0.3, -0.25) is 9.59 Å². The lowest BCUT2D eigenvalue weighted by Crippen LogP contribution is -2.40. The molecule has 0 aliphatic carbocycles. The van der Waals surface area contributed by atoms with E-state index in [1.54, 1.807) is 22.8 Å². The van der Waals surface area contributed by atoms with E-state index in [0.717, 1.165) is 11.3 Å². The van der Waals surface area contributed by atoms with Gasteiger partial charge in [-0.15, -0.1) is 0 Å². The van der Waals surface area contributed by atoms with Crippen LogP contribution in [0.3, 0.4) is 0 Å². The van der Waals surface area contributed by atoms with Crippen LogP contribution < -0.4 is 15.8 Å². The van der Waals surface area contributed by atoms with Gasteiger partial charge < -0.3 is 15.0 Å². The number of rotatable bonds is 6. The van der Waals surface area contributed by atoms with Crippen LogP contribution >= 0.6 is 0 Å². The van der Waals surface area contributed by atoms with Gasteiger partial charge in [0.25, 0.3) is 11.5 Å². The largest absolute Gasteiger partial charge is 0.378 e. The first kappa shape index (κ1) is 23.8. The average Bonchev–Trinajstić information content (AvgIpc) is 2.93. The number of anilines is 1. The maximum Gasteiger partial charge on any atom is 0.267 e. The van der Waals surface area contributed by atoms with E-state index in [1.807, 2.05) is 49.4 Å². The van der Waals surface area contributed by atoms with Crippen LogP contribution in [-0.4, -0.2) is 48.3 Å². The number of aryl methyl sites for hydroxylation is 1. The highest BCUT2D eigenvalue weighted by Gasteiger charge is 2.21. The molecule has 1 aromatic heterocycles. The number of nitrogens with zero attached hydrogens (tertiary/aromatic N) is 3. The fourth-order valence-electron chi connectivity index (χ4n) is 4.46. The number of nitrogens with one attached hydrogen (secondary N) is 1. The minimum atomic E-state index is -0.183. The third-order valence-electron chi connectivity index (χ3n) is 6.64. The van der Waals surface area contributed by atoms with Crippen molar-refractivity contribution in [3.63, 3.8) is 0 Å². The summed E-state index contributed by atoms with van der Waals surface area (Å²) in [6.45, 7) is 7.04. The number of morpholine rings is 1. The second-order valence-corrected chi connectivity index (χ2v) is 9.24. The highest BCUT2D eigenvalue weighted by Crippen LogP contribution is 2.22. The van der Waals surface area contributed by atoms with E-state index >= 15 is 0 Å². The van der Waals surface area contributed by atoms with E-state index in [1.165, 1.54) is 5.56 Å². The van der Waals surface area contributed by atoms with Crippen molar-refractivity contribution in [2.75, 3.05) is 37.7 Å². The van der Waals surface area contributed by atoms with E-state index in [4.69, 9.17) is 9.72 Å². The van der Waals surface area contributed by atoms with Gasteiger partial charge in [0.05, 0.1) is 29.8 Å². The summed E-state index contributed by atoms with van der Waals surface area (Å²) in [6, 6.07) is 23.0. The Labute approximate surface area is 210 Å². The van der Waals surface area contributed by atoms with Gasteiger partial charge in [-0.2, -0.15) is 0 Å². The monoisotopic (exact) mass is 482 g/mol. The van der Waals surface area contributed by atoms with Gasteiger partial charge in [0.1, 0.15) is 0 Å². The second-order valence-electron chi connectivity index (χ2n) is 9.24. The number of aromatic nitrogens is 2. The highest BCUT2D eigenvalue weighted by molar-refractivity contribution is 5.97. The van der Waals surface area contributed by atoms with Crippen molar-refractivity contribution in [3.05, 3.63) is 99.8 Å². The van der Waals surface area contributed by atoms with Crippen LogP contribution in [0.2, 0.25) is 0 Å². The van der Waals surface area contributed by atoms with Gasteiger partial charge in [0.15, 0.2) is 0 Å². The molecule has 1 aliphatic heterocycles. The number of benzene rings is 3. The molecule has 0 saturated carbocycles. The smallest absolute Gasteiger partial charge is 0.267 e. The summed E-state index contributed by atoms with van der Waals surface area (Å²) < 4.78 is 7.18. The van der Waals surface area contributed by atoms with E-state index in [-0.39, 0.29) is 17.4 Å². The summed E-state index contributed by atoms with van der Waals surface area (Å²) in [6.07, 6.45) is 0. The fraction of sp³-hybridized carbons (Fsp3) is 0.276. The molecule has 1 unspecified atom stereocenters. The molecular weight excluding hydrogens is 452 g/mol. The van der Waals surface area contributed by atoms with Crippen molar-refractivity contribution >= 4 is 22.8 Å². The molecule has 36 heavy (non-hydrogen) atoms. The van der Waals surface area contributed by atoms with Crippen molar-refractivity contribution in [1.29, 1.82) is 0 Å². The molecule has 4 aromatic rings. The fourth-order valence-corrected chi connectivity index (χ4v) is 4.46. The Kier molecular flexibility index (Phi) is 6.82. The van der Waals surface area contributed by atoms with Crippen LogP contribution in [0.15, 0.2) is 77.6 Å². The molecule has 7 nitrogen and oxygen atoms in total. The number of amides is 1. The Morgan fingerprint density at radius 1 is 1.03 bits per heavy atom. The summed E-state index contributed by atoms with van der Waals surface area (Å²) in [5.74, 6) is 0.565. The summed E-state index contributed by atoms with van der Waals surface area (Å²) >= 11 is 0. The predicted octanol–water partition coefficient (Wildman–Crippen LogP) is 4.06. The number of hydrogen-bond donors (Lipinski definition) is 1. The van der Waals surface area contributed by atoms with E-state index < -0.39 is 0 Å². The van der Waals surface area contributed by atoms with Gasteiger partial charge in [0.2, 0.25) is 5.95 Å². The number of ether oxygens (including phenoxy) is 1. The van der Waals surface area contributed by atoms with Crippen LogP contribution in [0.25, 0.3) is 16.6 Å². The molecule has 184 valence electrons. The first-order valence-electron chi connectivity index (χ1n) is 12.3. The summed E-state index contributed by atoms with van der Waals surface area (Å²) in [5.41, 5.74) is 3.88. The Morgan fingerprint density at radius 3 is 2.47 bits per heavy atom. The lowest BCUT2D eigenvalue weighted by molar-refractivity contribution is 0.0951. The predicted molar refractivity (Wildman–Crippen MR) is 142 cm³/mol. The number of carbonyl (C=O) groups excluding carboxylic acids is 1. The molecule has 3 aromatic carbocycles. The zero-order chi connectivity index (χ0) is 25.1. The molecule has 1 saturated heterocycles. The van der Waals surface area contributed by atoms with Crippen LogP contribution in [0.5, 0.6) is 0 Å². The molecule has 7 heteroatoms. The first-order chi connectivity index (χ1) is 17.5. The van der Waals surface area contributed by atoms with Crippen LogP contribution in [0.1, 0.15) is 34.3 Å². The van der Waals surface area contributed by atoms with E-state index in [2.05, 4.69) is 29.3 Å². The van der Waals surface area contributed by atoms with E-state index in [0.29, 0.717) is 55.3 Å². The molecule has 2 heterocycles. The zero-order valence-electron chi connectivity index (χ0n) is 20.6. The normalized spacial score (nSPS) is 14.6. The van der Waals surface area contributed by atoms with Gasteiger partial charge in [-0.05, 0) is 48.7 Å². The molecule has 5 rings (SSSR count). The summed E-state index contributed by atoms with van der Waals surface area (Å²) in [4.78, 5) is 33.6. The van der Waals surface area contributed by atoms with Crippen LogP contribution in [0, 0.1) is 6.92 Å². The van der Waals surface area contributed by atoms with Crippen molar-refractivity contribution in [2.24, 2.45) is 0 Å². The Bertz CT molecular complexity index is 1430. The second kappa shape index (κ2) is 10.3. The molecule has 1 aliphatic rings. The first-order valence-corrected chi connectivity index (χ1v) is 12.3. The molecule has 0 spiro atoms. The molecule has 0 radical (unpaired) electrons. The van der Waals surface area contributed by atoms with Gasteiger partial charge in [-0.1, -0.05) is 55.0 Å². The Morgan fingerprint density at radius 2 is 1.75 bits per heavy atom. The maximum atomic E-state index is 13.7. The van der Waals surface area contributed by atoms with Gasteiger partial charge in [-0.25, -0.2) is 9.55 Å². The van der Waals surface area contributed by atoms with Gasteiger partial charge in [0, 0.05) is 25.2 Å². The third-order valence-corrected chi connectivity index (χ3v) is 6.64. The third kappa shape index (κ3) is 4.88. The molecular formula is C29H30N4O3. The number of carbonyl (C=O) groups is 1. The zero-order valence-corrected chi connectivity index (χ0v) is 20.6. The lowest BCUT2D eigenvalue weighted by atomic mass is 10.0. The Hall–Kier alpha value is -3.97. The lowest BCUT2D eigenvalue weighted by Gasteiger charge is -2.30. The molecule has 1 fully saturated rings. The molecule has 1 amide bonds. The van der Waals surface area contributed by atoms with Crippen molar-refractivity contribution in [2.45, 2.75) is 19.8 Å². The van der Waals surface area contributed by atoms with Crippen molar-refractivity contribution < 1.29 is 9.53 Å². The Balaban J connectivity index is 1.49. The number of fused-ring (bicyclic) bond motifs is 1. The van der Waals surface area contributed by atoms with Gasteiger partial charge >= 0.3 is 0 Å². The summed E-state index contributed by atoms with van der Waals surface area (Å²) in [5, 5.41) is 3.49. The average molecular weight is 483 g/mol. The highest BCUT2D eigenvalue weighted by atomic mass is 16.5.